The van der Waals surface area contributed by atoms with Crippen LogP contribution < -0.4 is 15.4 Å². The van der Waals surface area contributed by atoms with Crippen LogP contribution in [0.4, 0.5) is 10.1 Å². The highest BCUT2D eigenvalue weighted by Gasteiger charge is 2.41. The second kappa shape index (κ2) is 10.6. The lowest BCUT2D eigenvalue weighted by Gasteiger charge is -2.40. The Labute approximate surface area is 229 Å². The Morgan fingerprint density at radius 2 is 2.11 bits per heavy atom. The third-order valence-corrected chi connectivity index (χ3v) is 9.21. The van der Waals surface area contributed by atoms with E-state index in [1.54, 1.807) is 25.4 Å². The lowest BCUT2D eigenvalue weighted by atomic mass is 9.95. The number of fused-ring (bicyclic) bond motifs is 4. The number of anilines is 1. The average Bonchev–Trinajstić information content (AvgIpc) is 3.13. The van der Waals surface area contributed by atoms with Gasteiger partial charge in [-0.15, -0.1) is 11.8 Å². The van der Waals surface area contributed by atoms with Crippen LogP contribution in [0.2, 0.25) is 5.02 Å². The maximum atomic E-state index is 14.7. The van der Waals surface area contributed by atoms with Crippen molar-refractivity contribution in [1.29, 1.82) is 0 Å². The molecule has 1 amide bonds. The number of hydrogen-bond acceptors (Lipinski definition) is 8. The summed E-state index contributed by atoms with van der Waals surface area (Å²) in [4.78, 5) is 23.7. The minimum atomic E-state index is -0.821. The van der Waals surface area contributed by atoms with E-state index in [-0.39, 0.29) is 17.8 Å². The van der Waals surface area contributed by atoms with E-state index in [1.807, 2.05) is 6.07 Å². The number of pyridine rings is 2. The zero-order valence-electron chi connectivity index (χ0n) is 20.9. The zero-order valence-corrected chi connectivity index (χ0v) is 22.5. The van der Waals surface area contributed by atoms with E-state index >= 15 is 0 Å². The molecule has 3 unspecified atom stereocenters. The molecule has 3 atom stereocenters. The summed E-state index contributed by atoms with van der Waals surface area (Å²) >= 11 is 7.86. The summed E-state index contributed by atoms with van der Waals surface area (Å²) in [5, 5.41) is 18.1. The zero-order chi connectivity index (χ0) is 26.4. The standard InChI is InChI=1S/C27H29ClFN5O3S/c1-37-25-5-4-20-27(33-25)26(18(28)11-31-20)22(35)12-34-16-2-3-17(34)8-15(7-16)30-10-14-6-21-23(9-19(14)29)38-13-24(36)32-21/h4-6,9,11,15-17,22,30,35H,2-3,7-8,10,12-13H2,1H3,(H,32,36). The van der Waals surface area contributed by atoms with Gasteiger partial charge in [0.1, 0.15) is 11.3 Å². The molecule has 0 spiro atoms. The number of thioether (sulfide) groups is 1. The van der Waals surface area contributed by atoms with Crippen LogP contribution in [0.5, 0.6) is 5.88 Å². The fourth-order valence-electron chi connectivity index (χ4n) is 6.04. The van der Waals surface area contributed by atoms with Gasteiger partial charge in [-0.25, -0.2) is 9.37 Å². The number of amides is 1. The predicted octanol–water partition coefficient (Wildman–Crippen LogP) is 4.29. The molecule has 3 aliphatic rings. The Balaban J connectivity index is 1.12. The van der Waals surface area contributed by atoms with Gasteiger partial charge in [-0.05, 0) is 43.9 Å². The smallest absolute Gasteiger partial charge is 0.234 e. The molecular weight excluding hydrogens is 529 g/mol. The van der Waals surface area contributed by atoms with Gasteiger partial charge < -0.3 is 20.5 Å². The lowest BCUT2D eigenvalue weighted by Crippen LogP contribution is -2.50. The first-order valence-electron chi connectivity index (χ1n) is 12.8. The molecule has 0 aliphatic carbocycles. The summed E-state index contributed by atoms with van der Waals surface area (Å²) in [7, 11) is 1.55. The number of aliphatic hydroxyl groups is 1. The van der Waals surface area contributed by atoms with E-state index in [0.717, 1.165) is 30.6 Å². The number of ether oxygens (including phenoxy) is 1. The lowest BCUT2D eigenvalue weighted by molar-refractivity contribution is -0.113. The molecule has 6 rings (SSSR count). The monoisotopic (exact) mass is 557 g/mol. The van der Waals surface area contributed by atoms with Gasteiger partial charge in [0.05, 0.1) is 35.2 Å². The summed E-state index contributed by atoms with van der Waals surface area (Å²) in [5.41, 5.74) is 3.02. The molecule has 2 saturated heterocycles. The molecule has 8 nitrogen and oxygen atoms in total. The number of nitrogens with zero attached hydrogens (tertiary/aromatic N) is 3. The summed E-state index contributed by atoms with van der Waals surface area (Å²) in [6, 6.07) is 7.70. The number of halogens is 2. The topological polar surface area (TPSA) is 99.6 Å². The van der Waals surface area contributed by atoms with Crippen molar-refractivity contribution in [2.75, 3.05) is 24.7 Å². The van der Waals surface area contributed by atoms with Crippen LogP contribution in [-0.2, 0) is 11.3 Å². The average molecular weight is 558 g/mol. The number of aliphatic hydroxyl groups excluding tert-OH is 1. The van der Waals surface area contributed by atoms with Crippen LogP contribution in [0.25, 0.3) is 11.0 Å². The maximum absolute atomic E-state index is 14.7. The fourth-order valence-corrected chi connectivity index (χ4v) is 7.12. The molecule has 3 aromatic rings. The van der Waals surface area contributed by atoms with Gasteiger partial charge >= 0.3 is 0 Å². The number of piperidine rings is 1. The third-order valence-electron chi connectivity index (χ3n) is 7.85. The van der Waals surface area contributed by atoms with E-state index < -0.39 is 6.10 Å². The van der Waals surface area contributed by atoms with Crippen molar-refractivity contribution < 1.29 is 19.0 Å². The summed E-state index contributed by atoms with van der Waals surface area (Å²) in [6.45, 7) is 0.856. The molecule has 1 aromatic carbocycles. The molecule has 2 aromatic heterocycles. The Morgan fingerprint density at radius 1 is 1.32 bits per heavy atom. The molecule has 2 fully saturated rings. The highest BCUT2D eigenvalue weighted by molar-refractivity contribution is 8.00. The molecule has 200 valence electrons. The Morgan fingerprint density at radius 3 is 2.87 bits per heavy atom. The first-order chi connectivity index (χ1) is 18.4. The van der Waals surface area contributed by atoms with Crippen molar-refractivity contribution in [2.24, 2.45) is 0 Å². The van der Waals surface area contributed by atoms with E-state index in [2.05, 4.69) is 25.5 Å². The molecule has 11 heteroatoms. The van der Waals surface area contributed by atoms with Gasteiger partial charge in [0.25, 0.3) is 0 Å². The highest BCUT2D eigenvalue weighted by atomic mass is 35.5. The summed E-state index contributed by atoms with van der Waals surface area (Å²) in [5.74, 6) is 0.442. The largest absolute Gasteiger partial charge is 0.481 e. The molecule has 2 bridgehead atoms. The number of carbonyl (C=O) groups is 1. The minimum Gasteiger partial charge on any atom is -0.481 e. The first-order valence-corrected chi connectivity index (χ1v) is 14.2. The molecule has 38 heavy (non-hydrogen) atoms. The Kier molecular flexibility index (Phi) is 7.17. The first kappa shape index (κ1) is 25.8. The Hall–Kier alpha value is -2.50. The van der Waals surface area contributed by atoms with Crippen LogP contribution in [0, 0.1) is 5.82 Å². The quantitative estimate of drug-likeness (QED) is 0.396. The van der Waals surface area contributed by atoms with Gasteiger partial charge in [-0.2, -0.15) is 0 Å². The van der Waals surface area contributed by atoms with Crippen molar-refractivity contribution in [1.82, 2.24) is 20.2 Å². The molecule has 3 aliphatic heterocycles. The van der Waals surface area contributed by atoms with Crippen LogP contribution in [-0.4, -0.2) is 63.4 Å². The number of nitrogens with one attached hydrogen (secondary N) is 2. The summed E-state index contributed by atoms with van der Waals surface area (Å²) in [6.07, 6.45) is 4.69. The molecule has 0 saturated carbocycles. The second-order valence-electron chi connectivity index (χ2n) is 10.2. The number of benzene rings is 1. The number of hydrogen-bond donors (Lipinski definition) is 3. The molecule has 0 radical (unpaired) electrons. The van der Waals surface area contributed by atoms with Crippen LogP contribution in [0.1, 0.15) is 42.9 Å². The SMILES string of the molecule is COc1ccc2ncc(Cl)c(C(O)CN3C4CCC3CC(NCc3cc5c(cc3F)SCC(=O)N5)C4)c2n1. The van der Waals surface area contributed by atoms with E-state index in [1.165, 1.54) is 17.8 Å². The van der Waals surface area contributed by atoms with Gasteiger partial charge in [0.2, 0.25) is 11.8 Å². The third kappa shape index (κ3) is 4.96. The number of rotatable bonds is 7. The van der Waals surface area contributed by atoms with E-state index in [9.17, 15) is 14.3 Å². The number of aromatic nitrogens is 2. The van der Waals surface area contributed by atoms with Crippen molar-refractivity contribution in [2.45, 2.75) is 61.4 Å². The molecule has 5 heterocycles. The van der Waals surface area contributed by atoms with Gasteiger partial charge in [-0.3, -0.25) is 14.7 Å². The van der Waals surface area contributed by atoms with E-state index in [0.29, 0.717) is 69.7 Å². The summed E-state index contributed by atoms with van der Waals surface area (Å²) < 4.78 is 20.0. The van der Waals surface area contributed by atoms with Crippen LogP contribution in [0.15, 0.2) is 35.4 Å². The van der Waals surface area contributed by atoms with Crippen molar-refractivity contribution in [3.05, 3.63) is 52.4 Å². The maximum Gasteiger partial charge on any atom is 0.234 e. The molecule has 3 N–H and O–H groups in total. The highest BCUT2D eigenvalue weighted by Crippen LogP contribution is 2.39. The van der Waals surface area contributed by atoms with Crippen molar-refractivity contribution >= 4 is 46.0 Å². The van der Waals surface area contributed by atoms with Crippen LogP contribution >= 0.6 is 23.4 Å². The van der Waals surface area contributed by atoms with Gasteiger partial charge in [0, 0.05) is 59.5 Å². The number of carbonyl (C=O) groups excluding carboxylic acids is 1. The number of methoxy groups -OCH3 is 1. The predicted molar refractivity (Wildman–Crippen MR) is 145 cm³/mol. The molecular formula is C27H29ClFN5O3S. The minimum absolute atomic E-state index is 0.0601. The second-order valence-corrected chi connectivity index (χ2v) is 11.6. The normalized spacial score (nSPS) is 23.8. The van der Waals surface area contributed by atoms with Gasteiger partial charge in [-0.1, -0.05) is 11.6 Å². The van der Waals surface area contributed by atoms with Crippen molar-refractivity contribution in [3.63, 3.8) is 0 Å². The van der Waals surface area contributed by atoms with E-state index in [4.69, 9.17) is 16.3 Å². The van der Waals surface area contributed by atoms with Crippen molar-refractivity contribution in [3.8, 4) is 5.88 Å². The Bertz CT molecular complexity index is 1380. The van der Waals surface area contributed by atoms with Crippen LogP contribution in [0.3, 0.4) is 0 Å². The fraction of sp³-hybridized carbons (Fsp3) is 0.444. The van der Waals surface area contributed by atoms with Gasteiger partial charge in [0.15, 0.2) is 0 Å².